The molecule has 14 heteroatoms. The van der Waals surface area contributed by atoms with Crippen LogP contribution in [0.15, 0.2) is 36.7 Å². The van der Waals surface area contributed by atoms with Gasteiger partial charge in [-0.3, -0.25) is 19.0 Å². The number of carbonyl (C=O) groups excluding carboxylic acids is 1. The molecule has 212 valence electrons. The van der Waals surface area contributed by atoms with Crippen molar-refractivity contribution in [1.82, 2.24) is 24.9 Å². The van der Waals surface area contributed by atoms with Crippen LogP contribution in [0.25, 0.3) is 33.3 Å². The van der Waals surface area contributed by atoms with Gasteiger partial charge in [-0.2, -0.15) is 24.2 Å². The van der Waals surface area contributed by atoms with Gasteiger partial charge in [0.25, 0.3) is 5.91 Å². The SMILES string of the molecule is COc1cc(-c2c3c(C#N)cc(-c4cnn(CC(=O)O)c4)cc3nn2C)cc(OC(F)F)c1C(=O)NCC1(F)CC1. The number of alkyl halides is 3. The zero-order valence-corrected chi connectivity index (χ0v) is 21.8. The van der Waals surface area contributed by atoms with E-state index in [-0.39, 0.29) is 35.5 Å². The van der Waals surface area contributed by atoms with Crippen LogP contribution in [0.4, 0.5) is 13.2 Å². The van der Waals surface area contributed by atoms with Crippen LogP contribution in [0.2, 0.25) is 0 Å². The number of carboxylic acids is 1. The van der Waals surface area contributed by atoms with E-state index in [2.05, 4.69) is 21.6 Å². The van der Waals surface area contributed by atoms with Crippen LogP contribution in [0.3, 0.4) is 0 Å². The highest BCUT2D eigenvalue weighted by atomic mass is 19.3. The Balaban J connectivity index is 1.62. The van der Waals surface area contributed by atoms with Crippen LogP contribution in [-0.2, 0) is 18.4 Å². The van der Waals surface area contributed by atoms with E-state index in [0.717, 1.165) is 0 Å². The molecule has 2 heterocycles. The Hall–Kier alpha value is -5.06. The van der Waals surface area contributed by atoms with Gasteiger partial charge in [0.15, 0.2) is 0 Å². The quantitative estimate of drug-likeness (QED) is 0.293. The molecule has 0 spiro atoms. The summed E-state index contributed by atoms with van der Waals surface area (Å²) in [4.78, 5) is 23.9. The molecule has 1 saturated carbocycles. The summed E-state index contributed by atoms with van der Waals surface area (Å²) in [5.74, 6) is -2.50. The van der Waals surface area contributed by atoms with Crippen molar-refractivity contribution in [2.45, 2.75) is 31.7 Å². The summed E-state index contributed by atoms with van der Waals surface area (Å²) in [5, 5.41) is 30.4. The van der Waals surface area contributed by atoms with Crippen molar-refractivity contribution in [1.29, 1.82) is 5.26 Å². The van der Waals surface area contributed by atoms with Gasteiger partial charge in [0.2, 0.25) is 0 Å². The lowest BCUT2D eigenvalue weighted by Gasteiger charge is -2.17. The topological polar surface area (TPSA) is 144 Å². The molecule has 2 N–H and O–H groups in total. The number of fused-ring (bicyclic) bond motifs is 1. The number of aromatic nitrogens is 4. The normalized spacial score (nSPS) is 13.7. The summed E-state index contributed by atoms with van der Waals surface area (Å²) in [6.45, 7) is -3.89. The summed E-state index contributed by atoms with van der Waals surface area (Å²) in [6.07, 6.45) is 3.58. The van der Waals surface area contributed by atoms with Gasteiger partial charge in [0.05, 0.1) is 42.7 Å². The maximum absolute atomic E-state index is 14.1. The Morgan fingerprint density at radius 3 is 2.56 bits per heavy atom. The first-order chi connectivity index (χ1) is 19.5. The number of carbonyl (C=O) groups is 2. The zero-order valence-electron chi connectivity index (χ0n) is 21.8. The average molecular weight is 569 g/mol. The number of hydrogen-bond acceptors (Lipinski definition) is 7. The van der Waals surface area contributed by atoms with Crippen molar-refractivity contribution in [3.8, 4) is 40.0 Å². The number of halogens is 3. The lowest BCUT2D eigenvalue weighted by molar-refractivity contribution is -0.137. The molecule has 4 aromatic rings. The fraction of sp³-hybridized carbons (Fsp3) is 0.296. The predicted molar refractivity (Wildman–Crippen MR) is 138 cm³/mol. The minimum Gasteiger partial charge on any atom is -0.496 e. The molecule has 0 unspecified atom stereocenters. The number of amides is 1. The number of carboxylic acid groups (broad SMARTS) is 1. The first kappa shape index (κ1) is 27.5. The fourth-order valence-electron chi connectivity index (χ4n) is 4.59. The fourth-order valence-corrected chi connectivity index (χ4v) is 4.59. The number of aryl methyl sites for hydroxylation is 1. The Kier molecular flexibility index (Phi) is 7.04. The lowest BCUT2D eigenvalue weighted by atomic mass is 9.97. The van der Waals surface area contributed by atoms with Crippen LogP contribution in [0.5, 0.6) is 11.5 Å². The minimum atomic E-state index is -3.28. The molecule has 1 aliphatic rings. The van der Waals surface area contributed by atoms with Gasteiger partial charge in [-0.1, -0.05) is 0 Å². The van der Waals surface area contributed by atoms with Crippen molar-refractivity contribution in [3.63, 3.8) is 0 Å². The van der Waals surface area contributed by atoms with Crippen LogP contribution >= 0.6 is 0 Å². The second-order valence-electron chi connectivity index (χ2n) is 9.59. The van der Waals surface area contributed by atoms with E-state index in [1.165, 1.54) is 41.0 Å². The van der Waals surface area contributed by atoms with Crippen LogP contribution < -0.4 is 14.8 Å². The predicted octanol–water partition coefficient (Wildman–Crippen LogP) is 3.90. The maximum Gasteiger partial charge on any atom is 0.387 e. The van der Waals surface area contributed by atoms with Crippen LogP contribution in [0.1, 0.15) is 28.8 Å². The summed E-state index contributed by atoms with van der Waals surface area (Å²) >= 11 is 0. The smallest absolute Gasteiger partial charge is 0.387 e. The monoisotopic (exact) mass is 568 g/mol. The second-order valence-corrected chi connectivity index (χ2v) is 9.59. The van der Waals surface area contributed by atoms with Gasteiger partial charge in [-0.25, -0.2) is 4.39 Å². The average Bonchev–Trinajstić information content (AvgIpc) is 3.31. The van der Waals surface area contributed by atoms with Crippen molar-refractivity contribution in [3.05, 3.63) is 47.8 Å². The number of nitriles is 1. The van der Waals surface area contributed by atoms with Crippen molar-refractivity contribution < 1.29 is 37.3 Å². The number of hydrogen-bond donors (Lipinski definition) is 2. The first-order valence-electron chi connectivity index (χ1n) is 12.3. The molecule has 0 radical (unpaired) electrons. The van der Waals surface area contributed by atoms with E-state index < -0.39 is 29.9 Å². The molecule has 1 amide bonds. The first-order valence-corrected chi connectivity index (χ1v) is 12.3. The molecule has 0 atom stereocenters. The highest BCUT2D eigenvalue weighted by Gasteiger charge is 2.43. The number of rotatable bonds is 10. The third-order valence-corrected chi connectivity index (χ3v) is 6.68. The second kappa shape index (κ2) is 10.5. The van der Waals surface area contributed by atoms with Crippen LogP contribution in [0, 0.1) is 11.3 Å². The Bertz CT molecular complexity index is 1720. The highest BCUT2D eigenvalue weighted by molar-refractivity contribution is 6.03. The Morgan fingerprint density at radius 2 is 1.93 bits per heavy atom. The molecule has 0 saturated heterocycles. The van der Waals surface area contributed by atoms with Gasteiger partial charge >= 0.3 is 12.6 Å². The largest absolute Gasteiger partial charge is 0.496 e. The molecular weight excluding hydrogens is 545 g/mol. The number of nitrogens with zero attached hydrogens (tertiary/aromatic N) is 5. The molecule has 0 aliphatic heterocycles. The number of nitrogens with one attached hydrogen (secondary N) is 1. The summed E-state index contributed by atoms with van der Waals surface area (Å²) in [6, 6.07) is 8.03. The lowest BCUT2D eigenvalue weighted by Crippen LogP contribution is -2.31. The van der Waals surface area contributed by atoms with Gasteiger partial charge in [-0.15, -0.1) is 0 Å². The molecule has 41 heavy (non-hydrogen) atoms. The molecule has 2 aromatic heterocycles. The Labute approximate surface area is 230 Å². The molecule has 1 aliphatic carbocycles. The molecule has 1 fully saturated rings. The van der Waals surface area contributed by atoms with Gasteiger partial charge < -0.3 is 19.9 Å². The van der Waals surface area contributed by atoms with Gasteiger partial charge in [-0.05, 0) is 42.7 Å². The highest BCUT2D eigenvalue weighted by Crippen LogP contribution is 2.41. The summed E-state index contributed by atoms with van der Waals surface area (Å²) < 4.78 is 53.7. The summed E-state index contributed by atoms with van der Waals surface area (Å²) in [5.41, 5.74) is 0.483. The van der Waals surface area contributed by atoms with E-state index in [4.69, 9.17) is 14.6 Å². The maximum atomic E-state index is 14.1. The minimum absolute atomic E-state index is 0.102. The van der Waals surface area contributed by atoms with E-state index in [1.807, 2.05) is 0 Å². The third-order valence-electron chi connectivity index (χ3n) is 6.68. The van der Waals surface area contributed by atoms with E-state index in [9.17, 15) is 28.0 Å². The standard InChI is InChI=1S/C27H23F3N6O5/c1-35-24(22-16(9-31)5-14(6-18(22)34-35)17-10-33-36(11-17)12-21(37)38)15-7-19(40-2)23(20(8-15)41-26(28)29)25(39)32-13-27(30)3-4-27/h5-8,10-11,26H,3-4,12-13H2,1-2H3,(H,32,39)(H,37,38). The van der Waals surface area contributed by atoms with Crippen molar-refractivity contribution >= 4 is 22.8 Å². The summed E-state index contributed by atoms with van der Waals surface area (Å²) in [7, 11) is 2.84. The third kappa shape index (κ3) is 5.51. The number of benzene rings is 2. The van der Waals surface area contributed by atoms with E-state index in [1.54, 1.807) is 19.2 Å². The molecule has 5 rings (SSSR count). The van der Waals surface area contributed by atoms with Crippen molar-refractivity contribution in [2.24, 2.45) is 7.05 Å². The Morgan fingerprint density at radius 1 is 1.20 bits per heavy atom. The molecule has 11 nitrogen and oxygen atoms in total. The van der Waals surface area contributed by atoms with Crippen LogP contribution in [-0.4, -0.2) is 62.5 Å². The van der Waals surface area contributed by atoms with Gasteiger partial charge in [0.1, 0.15) is 29.3 Å². The van der Waals surface area contributed by atoms with Gasteiger partial charge in [0, 0.05) is 29.8 Å². The number of methoxy groups -OCH3 is 1. The van der Waals surface area contributed by atoms with E-state index >= 15 is 0 Å². The molecular formula is C27H23F3N6O5. The van der Waals surface area contributed by atoms with Crippen molar-refractivity contribution in [2.75, 3.05) is 13.7 Å². The number of ether oxygens (including phenoxy) is 2. The van der Waals surface area contributed by atoms with E-state index in [0.29, 0.717) is 40.6 Å². The zero-order chi connectivity index (χ0) is 29.5. The molecule has 0 bridgehead atoms. The molecule has 2 aromatic carbocycles. The number of aliphatic carboxylic acids is 1.